The minimum Gasteiger partial charge on any atom is -0.393 e. The number of carbonyl (C=O) groups excluding carboxylic acids is 4. The van der Waals surface area contributed by atoms with Crippen LogP contribution in [0.25, 0.3) is 0 Å². The summed E-state index contributed by atoms with van der Waals surface area (Å²) in [6.45, 7) is 2.10. The highest BCUT2D eigenvalue weighted by molar-refractivity contribution is 5.81. The lowest BCUT2D eigenvalue weighted by atomic mass is 10.0. The Hall–Kier alpha value is -2.20. The van der Waals surface area contributed by atoms with Crippen molar-refractivity contribution in [3.8, 4) is 0 Å². The van der Waals surface area contributed by atoms with E-state index in [1.807, 2.05) is 0 Å². The van der Waals surface area contributed by atoms with Crippen molar-refractivity contribution in [3.05, 3.63) is 0 Å². The third-order valence-corrected chi connectivity index (χ3v) is 2.00. The van der Waals surface area contributed by atoms with Crippen LogP contribution in [0.4, 0.5) is 0 Å². The van der Waals surface area contributed by atoms with E-state index in [-0.39, 0.29) is 6.47 Å². The number of aliphatic hydroxyl groups excluding tert-OH is 2. The average Bonchev–Trinajstić information content (AvgIpc) is 2.38. The topological polar surface area (TPSA) is 146 Å². The van der Waals surface area contributed by atoms with E-state index in [9.17, 15) is 24.3 Å². The molecule has 20 heavy (non-hydrogen) atoms. The molecule has 0 amide bonds. The van der Waals surface area contributed by atoms with E-state index >= 15 is 0 Å². The molecule has 0 heterocycles. The van der Waals surface area contributed by atoms with E-state index in [4.69, 9.17) is 5.11 Å². The first-order chi connectivity index (χ1) is 9.29. The SMILES string of the molecule is CC(O)C(=O)OOC(=O)C(CC(=O)OOC=O)C(C)O. The fourth-order valence-electron chi connectivity index (χ4n) is 0.951. The van der Waals surface area contributed by atoms with Crippen molar-refractivity contribution in [1.82, 2.24) is 0 Å². The molecule has 0 bridgehead atoms. The number of aliphatic hydroxyl groups is 2. The summed E-state index contributed by atoms with van der Waals surface area (Å²) in [5, 5.41) is 18.1. The predicted octanol–water partition coefficient (Wildman–Crippen LogP) is -1.61. The molecular formula is C10H14O10. The van der Waals surface area contributed by atoms with Crippen molar-refractivity contribution >= 4 is 24.4 Å². The largest absolute Gasteiger partial charge is 0.393 e. The maximum absolute atomic E-state index is 11.5. The molecule has 0 rings (SSSR count). The second kappa shape index (κ2) is 8.82. The molecular weight excluding hydrogens is 280 g/mol. The predicted molar refractivity (Wildman–Crippen MR) is 56.9 cm³/mol. The first-order valence-electron chi connectivity index (χ1n) is 5.37. The average molecular weight is 294 g/mol. The smallest absolute Gasteiger partial charge is 0.383 e. The van der Waals surface area contributed by atoms with Crippen LogP contribution >= 0.6 is 0 Å². The van der Waals surface area contributed by atoms with Gasteiger partial charge in [0.2, 0.25) is 0 Å². The van der Waals surface area contributed by atoms with Crippen LogP contribution in [0, 0.1) is 5.92 Å². The molecule has 0 aliphatic heterocycles. The molecule has 114 valence electrons. The zero-order chi connectivity index (χ0) is 15.7. The lowest BCUT2D eigenvalue weighted by Gasteiger charge is -2.15. The molecule has 0 aromatic rings. The molecule has 0 aliphatic rings. The molecule has 0 saturated carbocycles. The Balaban J connectivity index is 4.44. The first-order valence-corrected chi connectivity index (χ1v) is 5.37. The van der Waals surface area contributed by atoms with Gasteiger partial charge in [0.25, 0.3) is 0 Å². The van der Waals surface area contributed by atoms with Gasteiger partial charge in [0.15, 0.2) is 6.10 Å². The normalized spacial score (nSPS) is 14.4. The Bertz CT molecular complexity index is 361. The Morgan fingerprint density at radius 3 is 2.05 bits per heavy atom. The van der Waals surface area contributed by atoms with Crippen molar-refractivity contribution < 1.29 is 48.9 Å². The highest BCUT2D eigenvalue weighted by atomic mass is 17.2. The summed E-state index contributed by atoms with van der Waals surface area (Å²) < 4.78 is 0. The first kappa shape index (κ1) is 17.8. The van der Waals surface area contributed by atoms with Gasteiger partial charge in [-0.3, -0.25) is 9.68 Å². The molecule has 10 heteroatoms. The van der Waals surface area contributed by atoms with Crippen molar-refractivity contribution in [2.45, 2.75) is 32.5 Å². The Morgan fingerprint density at radius 1 is 1.05 bits per heavy atom. The summed E-state index contributed by atoms with van der Waals surface area (Å²) in [7, 11) is 0. The number of hydrogen-bond acceptors (Lipinski definition) is 10. The van der Waals surface area contributed by atoms with Crippen LogP contribution in [0.3, 0.4) is 0 Å². The molecule has 0 fully saturated rings. The summed E-state index contributed by atoms with van der Waals surface area (Å²) in [5.41, 5.74) is 0. The molecule has 2 N–H and O–H groups in total. The van der Waals surface area contributed by atoms with Gasteiger partial charge in [0, 0.05) is 0 Å². The van der Waals surface area contributed by atoms with Crippen LogP contribution in [-0.4, -0.2) is 46.8 Å². The maximum atomic E-state index is 11.5. The van der Waals surface area contributed by atoms with Crippen LogP contribution in [-0.2, 0) is 38.7 Å². The standard InChI is InChI=1S/C10H14O10/c1-5(12)7(3-8(14)18-17-4-11)10(16)20-19-9(15)6(2)13/h4-7,12-13H,3H2,1-2H3. The summed E-state index contributed by atoms with van der Waals surface area (Å²) in [5.74, 6) is -5.01. The summed E-state index contributed by atoms with van der Waals surface area (Å²) in [6, 6.07) is 0. The molecule has 0 aliphatic carbocycles. The lowest BCUT2D eigenvalue weighted by Crippen LogP contribution is -2.32. The molecule has 0 radical (unpaired) electrons. The monoisotopic (exact) mass is 294 g/mol. The van der Waals surface area contributed by atoms with Crippen LogP contribution < -0.4 is 0 Å². The zero-order valence-electron chi connectivity index (χ0n) is 10.7. The van der Waals surface area contributed by atoms with Crippen molar-refractivity contribution in [2.24, 2.45) is 5.92 Å². The van der Waals surface area contributed by atoms with Crippen molar-refractivity contribution in [2.75, 3.05) is 0 Å². The van der Waals surface area contributed by atoms with Crippen molar-refractivity contribution in [1.29, 1.82) is 0 Å². The summed E-state index contributed by atoms with van der Waals surface area (Å²) in [4.78, 5) is 58.8. The van der Waals surface area contributed by atoms with Crippen LogP contribution in [0.15, 0.2) is 0 Å². The molecule has 3 atom stereocenters. The van der Waals surface area contributed by atoms with E-state index in [0.29, 0.717) is 0 Å². The Kier molecular flexibility index (Phi) is 7.85. The quantitative estimate of drug-likeness (QED) is 0.319. The van der Waals surface area contributed by atoms with E-state index in [0.717, 1.165) is 6.92 Å². The third kappa shape index (κ3) is 6.66. The van der Waals surface area contributed by atoms with Crippen LogP contribution in [0.1, 0.15) is 20.3 Å². The second-order valence-electron chi connectivity index (χ2n) is 3.68. The van der Waals surface area contributed by atoms with Crippen molar-refractivity contribution in [3.63, 3.8) is 0 Å². The van der Waals surface area contributed by atoms with Gasteiger partial charge in [-0.15, -0.1) is 0 Å². The zero-order valence-corrected chi connectivity index (χ0v) is 10.7. The number of rotatable bonds is 7. The molecule has 0 aromatic carbocycles. The molecule has 10 nitrogen and oxygen atoms in total. The lowest BCUT2D eigenvalue weighted by molar-refractivity contribution is -0.270. The van der Waals surface area contributed by atoms with Gasteiger partial charge in [-0.1, -0.05) is 0 Å². The highest BCUT2D eigenvalue weighted by Gasteiger charge is 2.31. The van der Waals surface area contributed by atoms with Gasteiger partial charge in [0.05, 0.1) is 18.4 Å². The molecule has 3 unspecified atom stereocenters. The minimum atomic E-state index is -1.52. The van der Waals surface area contributed by atoms with Gasteiger partial charge in [-0.05, 0) is 13.8 Å². The van der Waals surface area contributed by atoms with Gasteiger partial charge >= 0.3 is 24.4 Å². The fraction of sp³-hybridized carbons (Fsp3) is 0.600. The minimum absolute atomic E-state index is 0.155. The highest BCUT2D eigenvalue weighted by Crippen LogP contribution is 2.13. The van der Waals surface area contributed by atoms with E-state index in [2.05, 4.69) is 19.6 Å². The molecule has 0 saturated heterocycles. The maximum Gasteiger partial charge on any atom is 0.383 e. The third-order valence-electron chi connectivity index (χ3n) is 2.00. The molecule has 0 aromatic heterocycles. The Labute approximate surface area is 113 Å². The fourth-order valence-corrected chi connectivity index (χ4v) is 0.951. The summed E-state index contributed by atoms with van der Waals surface area (Å²) >= 11 is 0. The Morgan fingerprint density at radius 2 is 1.60 bits per heavy atom. The second-order valence-corrected chi connectivity index (χ2v) is 3.68. The van der Waals surface area contributed by atoms with Crippen LogP contribution in [0.5, 0.6) is 0 Å². The van der Waals surface area contributed by atoms with E-state index in [1.54, 1.807) is 0 Å². The number of carbonyl (C=O) groups is 4. The van der Waals surface area contributed by atoms with E-state index < -0.39 is 42.5 Å². The van der Waals surface area contributed by atoms with Crippen LogP contribution in [0.2, 0.25) is 0 Å². The summed E-state index contributed by atoms with van der Waals surface area (Å²) in [6.07, 6.45) is -3.54. The number of hydrogen-bond donors (Lipinski definition) is 2. The van der Waals surface area contributed by atoms with Gasteiger partial charge < -0.3 is 10.2 Å². The molecule has 0 spiro atoms. The van der Waals surface area contributed by atoms with Gasteiger partial charge in [-0.2, -0.15) is 0 Å². The van der Waals surface area contributed by atoms with Gasteiger partial charge in [0.1, 0.15) is 0 Å². The van der Waals surface area contributed by atoms with E-state index in [1.165, 1.54) is 6.92 Å². The van der Waals surface area contributed by atoms with Gasteiger partial charge in [-0.25, -0.2) is 29.0 Å².